The topological polar surface area (TPSA) is 61.1 Å². The maximum atomic E-state index is 11.8. The van der Waals surface area contributed by atoms with E-state index in [0.29, 0.717) is 12.5 Å². The van der Waals surface area contributed by atoms with Gasteiger partial charge in [-0.3, -0.25) is 18.7 Å². The van der Waals surface area contributed by atoms with E-state index in [1.54, 1.807) is 0 Å². The van der Waals surface area contributed by atoms with E-state index in [1.165, 1.54) is 37.6 Å². The lowest BCUT2D eigenvalue weighted by Gasteiger charge is -2.08. The van der Waals surface area contributed by atoms with Gasteiger partial charge >= 0.3 is 5.69 Å². The number of hydrogen-bond donors (Lipinski definition) is 0. The molecule has 0 bridgehead atoms. The number of carbonyl (C=O) groups excluding carboxylic acids is 1. The van der Waals surface area contributed by atoms with Gasteiger partial charge in [0.05, 0.1) is 5.56 Å². The summed E-state index contributed by atoms with van der Waals surface area (Å²) in [5, 5.41) is 0. The summed E-state index contributed by atoms with van der Waals surface area (Å²) in [7, 11) is 1.41. The van der Waals surface area contributed by atoms with Crippen LogP contribution in [0.25, 0.3) is 0 Å². The second-order valence-electron chi connectivity index (χ2n) is 4.67. The summed E-state index contributed by atoms with van der Waals surface area (Å²) in [4.78, 5) is 34.8. The van der Waals surface area contributed by atoms with E-state index in [2.05, 4.69) is 0 Å². The Hall–Kier alpha value is -1.65. The van der Waals surface area contributed by atoms with Gasteiger partial charge in [-0.1, -0.05) is 12.8 Å². The van der Waals surface area contributed by atoms with E-state index in [0.717, 1.165) is 11.0 Å². The highest BCUT2D eigenvalue weighted by molar-refractivity contribution is 5.93. The number of aromatic nitrogens is 2. The average molecular weight is 236 g/mol. The zero-order valence-corrected chi connectivity index (χ0v) is 10.1. The molecule has 0 atom stereocenters. The van der Waals surface area contributed by atoms with Crippen LogP contribution in [0, 0.1) is 5.92 Å². The van der Waals surface area contributed by atoms with Crippen LogP contribution in [0.15, 0.2) is 15.8 Å². The summed E-state index contributed by atoms with van der Waals surface area (Å²) in [5.74, 6) is 0.408. The van der Waals surface area contributed by atoms with Gasteiger partial charge in [-0.15, -0.1) is 0 Å². The maximum Gasteiger partial charge on any atom is 0.330 e. The molecule has 1 fully saturated rings. The van der Waals surface area contributed by atoms with Crippen LogP contribution in [-0.4, -0.2) is 14.9 Å². The van der Waals surface area contributed by atoms with Crippen molar-refractivity contribution in [2.24, 2.45) is 13.0 Å². The zero-order valence-electron chi connectivity index (χ0n) is 10.1. The van der Waals surface area contributed by atoms with Crippen LogP contribution in [0.5, 0.6) is 0 Å². The quantitative estimate of drug-likeness (QED) is 0.717. The van der Waals surface area contributed by atoms with Crippen molar-refractivity contribution >= 4 is 5.78 Å². The number of nitrogens with zero attached hydrogens (tertiary/aromatic N) is 2. The summed E-state index contributed by atoms with van der Waals surface area (Å²) in [5.41, 5.74) is -0.770. The third-order valence-electron chi connectivity index (χ3n) is 3.21. The number of Topliss-reactive ketones (excluding diaryl/α,β-unsaturated/α-hetero) is 1. The molecule has 1 aliphatic rings. The van der Waals surface area contributed by atoms with Crippen molar-refractivity contribution in [2.45, 2.75) is 32.7 Å². The summed E-state index contributed by atoms with van der Waals surface area (Å²) in [6.07, 6.45) is 4.78. The molecule has 5 heteroatoms. The van der Waals surface area contributed by atoms with Gasteiger partial charge in [0, 0.05) is 19.8 Å². The van der Waals surface area contributed by atoms with Crippen molar-refractivity contribution < 1.29 is 4.79 Å². The average Bonchev–Trinajstić information content (AvgIpc) is 3.08. The Morgan fingerprint density at radius 3 is 2.59 bits per heavy atom. The maximum absolute atomic E-state index is 11.8. The highest BCUT2D eigenvalue weighted by Crippen LogP contribution is 2.32. The monoisotopic (exact) mass is 236 g/mol. The first-order valence-electron chi connectivity index (χ1n) is 5.82. The van der Waals surface area contributed by atoms with Crippen molar-refractivity contribution in [3.63, 3.8) is 0 Å². The molecule has 0 saturated heterocycles. The Kier molecular flexibility index (Phi) is 3.00. The number of carbonyl (C=O) groups is 1. The van der Waals surface area contributed by atoms with Crippen molar-refractivity contribution in [1.82, 2.24) is 9.13 Å². The molecule has 5 nitrogen and oxygen atoms in total. The molecule has 1 aliphatic carbocycles. The molecular weight excluding hydrogens is 220 g/mol. The molecule has 1 saturated carbocycles. The first kappa shape index (κ1) is 11.8. The summed E-state index contributed by atoms with van der Waals surface area (Å²) in [6, 6.07) is 0. The molecule has 0 radical (unpaired) electrons. The molecule has 0 spiro atoms. The number of ketones is 1. The van der Waals surface area contributed by atoms with Crippen molar-refractivity contribution in [2.75, 3.05) is 0 Å². The normalized spacial score (nSPS) is 14.9. The SMILES string of the molecule is CC(=O)c1cn(CCC2CC2)c(=O)n(C)c1=O. The first-order chi connectivity index (χ1) is 8.00. The van der Waals surface area contributed by atoms with Gasteiger partial charge in [-0.05, 0) is 19.3 Å². The highest BCUT2D eigenvalue weighted by atomic mass is 16.2. The van der Waals surface area contributed by atoms with Gasteiger partial charge < -0.3 is 0 Å². The van der Waals surface area contributed by atoms with Crippen molar-refractivity contribution in [3.05, 3.63) is 32.6 Å². The second-order valence-corrected chi connectivity index (χ2v) is 4.67. The minimum absolute atomic E-state index is 0.0860. The van der Waals surface area contributed by atoms with E-state index in [4.69, 9.17) is 0 Å². The van der Waals surface area contributed by atoms with E-state index in [-0.39, 0.29) is 17.0 Å². The smallest absolute Gasteiger partial charge is 0.300 e. The Labute approximate surface area is 98.7 Å². The molecule has 0 aromatic carbocycles. The molecule has 1 aromatic rings. The minimum atomic E-state index is -0.509. The lowest BCUT2D eigenvalue weighted by atomic mass is 10.2. The molecule has 1 heterocycles. The van der Waals surface area contributed by atoms with Crippen molar-refractivity contribution in [3.8, 4) is 0 Å². The standard InChI is InChI=1S/C12H16N2O3/c1-8(15)10-7-14(6-5-9-3-4-9)12(17)13(2)11(10)16/h7,9H,3-6H2,1-2H3. The van der Waals surface area contributed by atoms with E-state index >= 15 is 0 Å². The minimum Gasteiger partial charge on any atom is -0.300 e. The molecule has 17 heavy (non-hydrogen) atoms. The largest absolute Gasteiger partial charge is 0.330 e. The fourth-order valence-electron chi connectivity index (χ4n) is 1.86. The van der Waals surface area contributed by atoms with Crippen LogP contribution in [0.4, 0.5) is 0 Å². The molecule has 1 aromatic heterocycles. The number of hydrogen-bond acceptors (Lipinski definition) is 3. The molecular formula is C12H16N2O3. The molecule has 0 amide bonds. The highest BCUT2D eigenvalue weighted by Gasteiger charge is 2.21. The zero-order chi connectivity index (χ0) is 12.6. The van der Waals surface area contributed by atoms with Crippen LogP contribution in [-0.2, 0) is 13.6 Å². The van der Waals surface area contributed by atoms with Gasteiger partial charge in [0.25, 0.3) is 5.56 Å². The van der Waals surface area contributed by atoms with E-state index in [9.17, 15) is 14.4 Å². The van der Waals surface area contributed by atoms with Gasteiger partial charge in [0.1, 0.15) is 0 Å². The Bertz CT molecular complexity index is 564. The number of rotatable bonds is 4. The van der Waals surface area contributed by atoms with Gasteiger partial charge in [0.2, 0.25) is 0 Å². The summed E-state index contributed by atoms with van der Waals surface area (Å²) in [6.45, 7) is 1.92. The lowest BCUT2D eigenvalue weighted by Crippen LogP contribution is -2.40. The molecule has 0 N–H and O–H groups in total. The van der Waals surface area contributed by atoms with Crippen molar-refractivity contribution in [1.29, 1.82) is 0 Å². The summed E-state index contributed by atoms with van der Waals surface area (Å²) >= 11 is 0. The second kappa shape index (κ2) is 4.31. The van der Waals surface area contributed by atoms with Gasteiger partial charge in [0.15, 0.2) is 5.78 Å². The van der Waals surface area contributed by atoms with Crippen LogP contribution < -0.4 is 11.2 Å². The number of aryl methyl sites for hydroxylation is 1. The lowest BCUT2D eigenvalue weighted by molar-refractivity contribution is 0.101. The van der Waals surface area contributed by atoms with Crippen LogP contribution in [0.3, 0.4) is 0 Å². The first-order valence-corrected chi connectivity index (χ1v) is 5.82. The van der Waals surface area contributed by atoms with Crippen LogP contribution in [0.1, 0.15) is 36.5 Å². The Balaban J connectivity index is 2.39. The fraction of sp³-hybridized carbons (Fsp3) is 0.583. The van der Waals surface area contributed by atoms with E-state index < -0.39 is 5.56 Å². The molecule has 0 unspecified atom stereocenters. The van der Waals surface area contributed by atoms with Crippen LogP contribution in [0.2, 0.25) is 0 Å². The third kappa shape index (κ3) is 2.38. The van der Waals surface area contributed by atoms with E-state index in [1.807, 2.05) is 0 Å². The Morgan fingerprint density at radius 1 is 1.41 bits per heavy atom. The summed E-state index contributed by atoms with van der Waals surface area (Å²) < 4.78 is 2.47. The molecule has 92 valence electrons. The Morgan fingerprint density at radius 2 is 2.06 bits per heavy atom. The molecule has 0 aliphatic heterocycles. The van der Waals surface area contributed by atoms with Gasteiger partial charge in [-0.2, -0.15) is 0 Å². The fourth-order valence-corrected chi connectivity index (χ4v) is 1.86. The predicted octanol–water partition coefficient (Wildman–Crippen LogP) is 0.550. The third-order valence-corrected chi connectivity index (χ3v) is 3.21. The predicted molar refractivity (Wildman–Crippen MR) is 63.3 cm³/mol. The molecule has 2 rings (SSSR count). The van der Waals surface area contributed by atoms with Gasteiger partial charge in [-0.25, -0.2) is 4.79 Å². The van der Waals surface area contributed by atoms with Crippen LogP contribution >= 0.6 is 0 Å².